The van der Waals surface area contributed by atoms with E-state index in [0.717, 1.165) is 54.6 Å². The van der Waals surface area contributed by atoms with Crippen LogP contribution in [0, 0.1) is 41.4 Å². The molecule has 0 saturated heterocycles. The Morgan fingerprint density at radius 1 is 0.720 bits per heavy atom. The summed E-state index contributed by atoms with van der Waals surface area (Å²) in [4.78, 5) is 0. The van der Waals surface area contributed by atoms with E-state index >= 15 is 0 Å². The Labute approximate surface area is 154 Å². The normalized spacial score (nSPS) is 51.0. The summed E-state index contributed by atoms with van der Waals surface area (Å²) in [6, 6.07) is 0. The van der Waals surface area contributed by atoms with Crippen LogP contribution >= 0.6 is 0 Å². The van der Waals surface area contributed by atoms with E-state index < -0.39 is 0 Å². The van der Waals surface area contributed by atoms with Crippen LogP contribution in [0.2, 0.25) is 0 Å². The summed E-state index contributed by atoms with van der Waals surface area (Å²) in [6.45, 7) is 4.08. The lowest BCUT2D eigenvalue weighted by Gasteiger charge is -2.31. The van der Waals surface area contributed by atoms with Gasteiger partial charge in [-0.1, -0.05) is 6.42 Å². The van der Waals surface area contributed by atoms with Crippen LogP contribution < -0.4 is 0 Å². The van der Waals surface area contributed by atoms with Gasteiger partial charge >= 0.3 is 0 Å². The van der Waals surface area contributed by atoms with E-state index in [4.69, 9.17) is 9.47 Å². The summed E-state index contributed by atoms with van der Waals surface area (Å²) in [6.07, 6.45) is 17.0. The maximum Gasteiger partial charge on any atom is 0.0608 e. The summed E-state index contributed by atoms with van der Waals surface area (Å²) < 4.78 is 12.4. The monoisotopic (exact) mass is 346 g/mol. The first-order valence-electron chi connectivity index (χ1n) is 11.5. The lowest BCUT2D eigenvalue weighted by atomic mass is 9.80. The molecular weight excluding hydrogens is 308 g/mol. The van der Waals surface area contributed by atoms with Gasteiger partial charge in [0, 0.05) is 13.2 Å². The van der Waals surface area contributed by atoms with E-state index in [2.05, 4.69) is 6.92 Å². The molecule has 5 saturated carbocycles. The quantitative estimate of drug-likeness (QED) is 0.637. The largest absolute Gasteiger partial charge is 0.378 e. The number of rotatable bonds is 6. The molecule has 0 aromatic carbocycles. The second kappa shape index (κ2) is 7.15. The van der Waals surface area contributed by atoms with Crippen LogP contribution in [0.1, 0.15) is 77.6 Å². The molecule has 2 bridgehead atoms. The van der Waals surface area contributed by atoms with Crippen LogP contribution in [-0.4, -0.2) is 25.4 Å². The van der Waals surface area contributed by atoms with Gasteiger partial charge in [0.05, 0.1) is 12.2 Å². The topological polar surface area (TPSA) is 18.5 Å². The molecule has 0 aromatic rings. The van der Waals surface area contributed by atoms with Gasteiger partial charge in [0.2, 0.25) is 0 Å². The fourth-order valence-corrected chi connectivity index (χ4v) is 8.04. The zero-order chi connectivity index (χ0) is 16.8. The number of hydrogen-bond acceptors (Lipinski definition) is 2. The molecule has 25 heavy (non-hydrogen) atoms. The second-order valence-electron chi connectivity index (χ2n) is 10.1. The molecule has 5 fully saturated rings. The first-order chi connectivity index (χ1) is 12.3. The minimum absolute atomic E-state index is 0.564. The molecule has 0 aliphatic heterocycles. The van der Waals surface area contributed by atoms with Crippen molar-refractivity contribution in [3.8, 4) is 0 Å². The van der Waals surface area contributed by atoms with Crippen molar-refractivity contribution in [3.63, 3.8) is 0 Å². The zero-order valence-corrected chi connectivity index (χ0v) is 16.2. The van der Waals surface area contributed by atoms with Crippen LogP contribution in [0.4, 0.5) is 0 Å². The van der Waals surface area contributed by atoms with Gasteiger partial charge in [-0.15, -0.1) is 0 Å². The van der Waals surface area contributed by atoms with Crippen molar-refractivity contribution in [2.24, 2.45) is 41.4 Å². The molecule has 5 aliphatic carbocycles. The number of fused-ring (bicyclic) bond motifs is 6. The standard InChI is InChI=1S/C23H38O2/c1-2-24-19-7-6-16-10-15(11-17(16)12-19)8-9-25-23-14-18-13-22(23)21-5-3-4-20(18)21/h15-23H,2-14H2,1H3. The molecule has 0 radical (unpaired) electrons. The van der Waals surface area contributed by atoms with E-state index in [0.29, 0.717) is 12.2 Å². The van der Waals surface area contributed by atoms with Gasteiger partial charge in [0.1, 0.15) is 0 Å². The lowest BCUT2D eigenvalue weighted by molar-refractivity contribution is -0.0153. The van der Waals surface area contributed by atoms with Gasteiger partial charge in [-0.05, 0) is 113 Å². The van der Waals surface area contributed by atoms with Crippen molar-refractivity contribution in [2.45, 2.75) is 89.8 Å². The minimum Gasteiger partial charge on any atom is -0.378 e. The predicted molar refractivity (Wildman–Crippen MR) is 100 cm³/mol. The maximum atomic E-state index is 6.50. The minimum atomic E-state index is 0.564. The highest BCUT2D eigenvalue weighted by atomic mass is 16.5. The van der Waals surface area contributed by atoms with Gasteiger partial charge in [0.15, 0.2) is 0 Å². The molecule has 5 rings (SSSR count). The van der Waals surface area contributed by atoms with Crippen LogP contribution in [0.5, 0.6) is 0 Å². The highest BCUT2D eigenvalue weighted by Gasteiger charge is 2.54. The Hall–Kier alpha value is -0.0800. The lowest BCUT2D eigenvalue weighted by Crippen LogP contribution is -2.30. The molecular formula is C23H38O2. The summed E-state index contributed by atoms with van der Waals surface area (Å²) in [5.74, 6) is 7.02. The van der Waals surface area contributed by atoms with Crippen molar-refractivity contribution in [1.82, 2.24) is 0 Å². The van der Waals surface area contributed by atoms with Crippen molar-refractivity contribution in [2.75, 3.05) is 13.2 Å². The summed E-state index contributed by atoms with van der Waals surface area (Å²) in [7, 11) is 0. The number of ether oxygens (including phenoxy) is 2. The maximum absolute atomic E-state index is 6.50. The molecule has 0 amide bonds. The Bertz CT molecular complexity index is 463. The van der Waals surface area contributed by atoms with Crippen LogP contribution in [0.15, 0.2) is 0 Å². The fraction of sp³-hybridized carbons (Fsp3) is 1.00. The van der Waals surface area contributed by atoms with E-state index in [1.807, 2.05) is 0 Å². The van der Waals surface area contributed by atoms with E-state index in [1.54, 1.807) is 0 Å². The van der Waals surface area contributed by atoms with Crippen molar-refractivity contribution in [3.05, 3.63) is 0 Å². The fourth-order valence-electron chi connectivity index (χ4n) is 8.04. The van der Waals surface area contributed by atoms with E-state index in [1.165, 1.54) is 70.6 Å². The van der Waals surface area contributed by atoms with Crippen LogP contribution in [0.3, 0.4) is 0 Å². The van der Waals surface area contributed by atoms with Crippen molar-refractivity contribution < 1.29 is 9.47 Å². The van der Waals surface area contributed by atoms with E-state index in [-0.39, 0.29) is 0 Å². The molecule has 9 unspecified atom stereocenters. The molecule has 2 heteroatoms. The van der Waals surface area contributed by atoms with Gasteiger partial charge in [-0.2, -0.15) is 0 Å². The Morgan fingerprint density at radius 3 is 2.52 bits per heavy atom. The third-order valence-corrected chi connectivity index (χ3v) is 8.99. The molecule has 9 atom stereocenters. The average Bonchev–Trinajstić information content (AvgIpc) is 3.35. The molecule has 2 nitrogen and oxygen atoms in total. The Morgan fingerprint density at radius 2 is 1.60 bits per heavy atom. The summed E-state index contributed by atoms with van der Waals surface area (Å²) >= 11 is 0. The second-order valence-corrected chi connectivity index (χ2v) is 10.1. The van der Waals surface area contributed by atoms with Crippen LogP contribution in [-0.2, 0) is 9.47 Å². The highest BCUT2D eigenvalue weighted by Crippen LogP contribution is 2.59. The van der Waals surface area contributed by atoms with Crippen molar-refractivity contribution >= 4 is 0 Å². The Balaban J connectivity index is 1.06. The smallest absolute Gasteiger partial charge is 0.0608 e. The molecule has 0 N–H and O–H groups in total. The summed E-state index contributed by atoms with van der Waals surface area (Å²) in [5.41, 5.74) is 0. The third kappa shape index (κ3) is 3.20. The molecule has 0 heterocycles. The first kappa shape index (κ1) is 17.0. The summed E-state index contributed by atoms with van der Waals surface area (Å²) in [5, 5.41) is 0. The molecule has 5 aliphatic rings. The first-order valence-corrected chi connectivity index (χ1v) is 11.5. The molecule has 142 valence electrons. The van der Waals surface area contributed by atoms with E-state index in [9.17, 15) is 0 Å². The predicted octanol–water partition coefficient (Wildman–Crippen LogP) is 5.45. The molecule has 0 spiro atoms. The van der Waals surface area contributed by atoms with Gasteiger partial charge in [-0.3, -0.25) is 0 Å². The SMILES string of the molecule is CCOC1CCC2CC(CCOC3CC4CC3C3CCCC43)CC2C1. The Kier molecular flexibility index (Phi) is 4.88. The number of hydrogen-bond donors (Lipinski definition) is 0. The molecule has 0 aromatic heterocycles. The third-order valence-electron chi connectivity index (χ3n) is 8.99. The van der Waals surface area contributed by atoms with Gasteiger partial charge in [-0.25, -0.2) is 0 Å². The van der Waals surface area contributed by atoms with Crippen molar-refractivity contribution in [1.29, 1.82) is 0 Å². The highest BCUT2D eigenvalue weighted by molar-refractivity contribution is 5.03. The van der Waals surface area contributed by atoms with Gasteiger partial charge in [0.25, 0.3) is 0 Å². The van der Waals surface area contributed by atoms with Gasteiger partial charge < -0.3 is 9.47 Å². The zero-order valence-electron chi connectivity index (χ0n) is 16.2. The average molecular weight is 347 g/mol. The van der Waals surface area contributed by atoms with Crippen LogP contribution in [0.25, 0.3) is 0 Å².